The van der Waals surface area contributed by atoms with E-state index in [2.05, 4.69) is 240 Å². The quantitative estimate of drug-likeness (QED) is 0.169. The van der Waals surface area contributed by atoms with Crippen molar-refractivity contribution in [2.75, 3.05) is 4.90 Å². The summed E-state index contributed by atoms with van der Waals surface area (Å²) in [6.07, 6.45) is 0. The zero-order chi connectivity index (χ0) is 40.1. The number of fused-ring (bicyclic) bond motifs is 14. The maximum atomic E-state index is 2.53. The van der Waals surface area contributed by atoms with E-state index in [9.17, 15) is 0 Å². The highest BCUT2D eigenvalue weighted by molar-refractivity contribution is 6.15. The van der Waals surface area contributed by atoms with E-state index < -0.39 is 5.41 Å². The first-order valence-corrected chi connectivity index (χ1v) is 21.2. The molecule has 10 aromatic carbocycles. The molecule has 11 aromatic rings. The highest BCUT2D eigenvalue weighted by Gasteiger charge is 2.51. The van der Waals surface area contributed by atoms with Gasteiger partial charge in [-0.2, -0.15) is 0 Å². The van der Waals surface area contributed by atoms with Gasteiger partial charge in [0.1, 0.15) is 0 Å². The third kappa shape index (κ3) is 4.73. The molecule has 2 heteroatoms. The van der Waals surface area contributed by atoms with E-state index in [4.69, 9.17) is 0 Å². The molecule has 1 spiro atoms. The molecule has 2 nitrogen and oxygen atoms in total. The van der Waals surface area contributed by atoms with Crippen LogP contribution in [0.1, 0.15) is 22.3 Å². The second-order valence-electron chi connectivity index (χ2n) is 16.4. The van der Waals surface area contributed by atoms with Crippen molar-refractivity contribution < 1.29 is 0 Å². The topological polar surface area (TPSA) is 8.17 Å². The van der Waals surface area contributed by atoms with Crippen molar-refractivity contribution in [1.29, 1.82) is 0 Å². The van der Waals surface area contributed by atoms with Crippen LogP contribution in [-0.2, 0) is 5.41 Å². The Morgan fingerprint density at radius 3 is 1.64 bits per heavy atom. The summed E-state index contributed by atoms with van der Waals surface area (Å²) in [5, 5.41) is 4.89. The van der Waals surface area contributed by atoms with Gasteiger partial charge in [0.15, 0.2) is 0 Å². The Morgan fingerprint density at radius 1 is 0.344 bits per heavy atom. The smallest absolute Gasteiger partial charge is 0.0782 e. The SMILES string of the molecule is c1ccc(-c2ccccc2N(c2ccc3c(c2)C2(c4ccccc4-c4ccccc42)c2ccccc2-3)c2cccc3c4ccccc4n(-c4ccc5ccccc5c4)c23)cc1. The lowest BCUT2D eigenvalue weighted by Gasteiger charge is -2.33. The van der Waals surface area contributed by atoms with Gasteiger partial charge in [0.25, 0.3) is 0 Å². The molecule has 0 radical (unpaired) electrons. The molecular formula is C59H38N2. The number of hydrogen-bond donors (Lipinski definition) is 0. The minimum Gasteiger partial charge on any atom is -0.308 e. The lowest BCUT2D eigenvalue weighted by molar-refractivity contribution is 0.793. The first-order valence-electron chi connectivity index (χ1n) is 21.2. The lowest BCUT2D eigenvalue weighted by Crippen LogP contribution is -2.26. The lowest BCUT2D eigenvalue weighted by atomic mass is 9.70. The van der Waals surface area contributed by atoms with Crippen LogP contribution in [0.15, 0.2) is 231 Å². The van der Waals surface area contributed by atoms with E-state index in [1.54, 1.807) is 0 Å². The molecule has 2 aliphatic carbocycles. The zero-order valence-electron chi connectivity index (χ0n) is 33.3. The summed E-state index contributed by atoms with van der Waals surface area (Å²) in [6, 6.07) is 85.4. The van der Waals surface area contributed by atoms with E-state index in [-0.39, 0.29) is 0 Å². The highest BCUT2D eigenvalue weighted by Crippen LogP contribution is 2.63. The van der Waals surface area contributed by atoms with Gasteiger partial charge in [0.2, 0.25) is 0 Å². The Morgan fingerprint density at radius 2 is 0.902 bits per heavy atom. The van der Waals surface area contributed by atoms with Crippen LogP contribution in [0.25, 0.3) is 71.6 Å². The predicted molar refractivity (Wildman–Crippen MR) is 255 cm³/mol. The summed E-state index contributed by atoms with van der Waals surface area (Å²) in [5.41, 5.74) is 19.2. The van der Waals surface area contributed by atoms with E-state index in [1.165, 1.54) is 82.7 Å². The Labute approximate surface area is 354 Å². The molecule has 1 aromatic heterocycles. The second kappa shape index (κ2) is 13.0. The third-order valence-corrected chi connectivity index (χ3v) is 13.4. The van der Waals surface area contributed by atoms with Crippen molar-refractivity contribution in [2.45, 2.75) is 5.41 Å². The van der Waals surface area contributed by atoms with Gasteiger partial charge < -0.3 is 9.47 Å². The predicted octanol–water partition coefficient (Wildman–Crippen LogP) is 15.4. The number of para-hydroxylation sites is 3. The molecule has 0 aliphatic heterocycles. The molecule has 0 saturated heterocycles. The molecule has 61 heavy (non-hydrogen) atoms. The van der Waals surface area contributed by atoms with Crippen LogP contribution >= 0.6 is 0 Å². The van der Waals surface area contributed by atoms with Crippen LogP contribution in [0, 0.1) is 0 Å². The first-order chi connectivity index (χ1) is 30.3. The fraction of sp³-hybridized carbons (Fsp3) is 0.0169. The fourth-order valence-electron chi connectivity index (χ4n) is 10.9. The molecule has 284 valence electrons. The first kappa shape index (κ1) is 34.0. The molecule has 0 amide bonds. The summed E-state index contributed by atoms with van der Waals surface area (Å²) in [4.78, 5) is 2.53. The van der Waals surface area contributed by atoms with Crippen molar-refractivity contribution >= 4 is 49.6 Å². The average molecular weight is 775 g/mol. The van der Waals surface area contributed by atoms with Crippen LogP contribution in [0.4, 0.5) is 17.1 Å². The molecular weight excluding hydrogens is 737 g/mol. The number of benzene rings is 10. The van der Waals surface area contributed by atoms with Crippen LogP contribution in [0.2, 0.25) is 0 Å². The van der Waals surface area contributed by atoms with Crippen molar-refractivity contribution in [1.82, 2.24) is 4.57 Å². The van der Waals surface area contributed by atoms with Crippen molar-refractivity contribution in [3.63, 3.8) is 0 Å². The van der Waals surface area contributed by atoms with E-state index in [0.717, 1.165) is 28.3 Å². The summed E-state index contributed by atoms with van der Waals surface area (Å²) >= 11 is 0. The molecule has 0 fully saturated rings. The molecule has 0 atom stereocenters. The molecule has 0 saturated carbocycles. The van der Waals surface area contributed by atoms with Gasteiger partial charge in [-0.1, -0.05) is 188 Å². The third-order valence-electron chi connectivity index (χ3n) is 13.4. The fourth-order valence-corrected chi connectivity index (χ4v) is 10.9. The number of hydrogen-bond acceptors (Lipinski definition) is 1. The largest absolute Gasteiger partial charge is 0.308 e. The zero-order valence-corrected chi connectivity index (χ0v) is 33.3. The molecule has 0 N–H and O–H groups in total. The highest BCUT2D eigenvalue weighted by atomic mass is 15.2. The summed E-state index contributed by atoms with van der Waals surface area (Å²) in [6.45, 7) is 0. The minimum absolute atomic E-state index is 0.467. The Kier molecular flexibility index (Phi) is 7.26. The van der Waals surface area contributed by atoms with Crippen LogP contribution < -0.4 is 4.90 Å². The van der Waals surface area contributed by atoms with Gasteiger partial charge in [-0.15, -0.1) is 0 Å². The standard InChI is InChI=1S/C59H38N2/c1-2-18-40(19-3-1)44-21-9-14-30-55(44)60(57-32-16-26-50-49-25-10-15-31-56(49)61(58(50)57)42-34-33-39-17-4-5-20-41(39)37-42)43-35-36-48-47-24-8-13-29-53(47)59(54(48)38-43)51-27-11-6-22-45(51)46-23-7-12-28-52(46)59/h1-38H. The van der Waals surface area contributed by atoms with E-state index in [0.29, 0.717) is 0 Å². The number of rotatable bonds is 5. The number of aromatic nitrogens is 1. The molecule has 2 aliphatic rings. The summed E-state index contributed by atoms with van der Waals surface area (Å²) in [7, 11) is 0. The van der Waals surface area contributed by atoms with Gasteiger partial charge in [-0.05, 0) is 103 Å². The number of anilines is 3. The van der Waals surface area contributed by atoms with Gasteiger partial charge in [-0.25, -0.2) is 0 Å². The van der Waals surface area contributed by atoms with Crippen LogP contribution in [-0.4, -0.2) is 4.57 Å². The van der Waals surface area contributed by atoms with Crippen molar-refractivity contribution in [3.05, 3.63) is 253 Å². The Balaban J connectivity index is 1.15. The number of nitrogens with zero attached hydrogens (tertiary/aromatic N) is 2. The summed E-state index contributed by atoms with van der Waals surface area (Å²) < 4.78 is 2.48. The van der Waals surface area contributed by atoms with Gasteiger partial charge in [0.05, 0.1) is 27.8 Å². The van der Waals surface area contributed by atoms with Crippen LogP contribution in [0.3, 0.4) is 0 Å². The molecule has 13 rings (SSSR count). The van der Waals surface area contributed by atoms with Crippen LogP contribution in [0.5, 0.6) is 0 Å². The van der Waals surface area contributed by atoms with Gasteiger partial charge >= 0.3 is 0 Å². The Bertz CT molecular complexity index is 3490. The van der Waals surface area contributed by atoms with Gasteiger partial charge in [-0.3, -0.25) is 0 Å². The van der Waals surface area contributed by atoms with E-state index in [1.807, 2.05) is 0 Å². The average Bonchev–Trinajstić information content (AvgIpc) is 3.94. The second-order valence-corrected chi connectivity index (χ2v) is 16.4. The van der Waals surface area contributed by atoms with Crippen molar-refractivity contribution in [3.8, 4) is 39.1 Å². The summed E-state index contributed by atoms with van der Waals surface area (Å²) in [5.74, 6) is 0. The molecule has 1 heterocycles. The normalized spacial score (nSPS) is 13.0. The minimum atomic E-state index is -0.467. The van der Waals surface area contributed by atoms with E-state index >= 15 is 0 Å². The maximum absolute atomic E-state index is 2.53. The van der Waals surface area contributed by atoms with Gasteiger partial charge in [0, 0.05) is 27.7 Å². The Hall–Kier alpha value is -7.94. The maximum Gasteiger partial charge on any atom is 0.0782 e. The molecule has 0 bridgehead atoms. The van der Waals surface area contributed by atoms with Crippen molar-refractivity contribution in [2.24, 2.45) is 0 Å². The monoisotopic (exact) mass is 774 g/mol. The molecule has 0 unspecified atom stereocenters.